The number of carbonyl (C=O) groups excluding carboxylic acids is 2. The Kier molecular flexibility index (Phi) is 8.90. The van der Waals surface area contributed by atoms with Crippen LogP contribution in [0, 0.1) is 41.8 Å². The maximum Gasteiger partial charge on any atom is 0.345 e. The largest absolute Gasteiger partial charge is 0.479 e. The van der Waals surface area contributed by atoms with Crippen LogP contribution < -0.4 is 0 Å². The van der Waals surface area contributed by atoms with Crippen molar-refractivity contribution in [3.63, 3.8) is 0 Å². The molecule has 0 amide bonds. The molecule has 0 saturated heterocycles. The number of carbonyl (C=O) groups is 3. The molecule has 4 rings (SSSR count). The first-order valence-corrected chi connectivity index (χ1v) is 11.2. The van der Waals surface area contributed by atoms with Gasteiger partial charge in [-0.15, -0.1) is 0 Å². The van der Waals surface area contributed by atoms with Gasteiger partial charge in [-0.3, -0.25) is 9.59 Å². The molecular formula is C29H18F6O5. The third-order valence-electron chi connectivity index (χ3n) is 5.80. The van der Waals surface area contributed by atoms with E-state index in [-0.39, 0.29) is 12.1 Å². The molecule has 0 radical (unpaired) electrons. The molecule has 0 aromatic heterocycles. The fourth-order valence-electron chi connectivity index (χ4n) is 3.63. The predicted molar refractivity (Wildman–Crippen MR) is 130 cm³/mol. The Labute approximate surface area is 222 Å². The fourth-order valence-corrected chi connectivity index (χ4v) is 3.63. The van der Waals surface area contributed by atoms with E-state index in [9.17, 15) is 50.9 Å². The van der Waals surface area contributed by atoms with Crippen molar-refractivity contribution >= 4 is 17.5 Å². The van der Waals surface area contributed by atoms with E-state index in [4.69, 9.17) is 0 Å². The van der Waals surface area contributed by atoms with Crippen LogP contribution in [-0.2, 0) is 10.4 Å². The van der Waals surface area contributed by atoms with Gasteiger partial charge in [0.15, 0.2) is 34.9 Å². The molecule has 0 spiro atoms. The second kappa shape index (κ2) is 12.0. The molecule has 5 nitrogen and oxygen atoms in total. The summed E-state index contributed by atoms with van der Waals surface area (Å²) in [5.41, 5.74) is -3.61. The van der Waals surface area contributed by atoms with Crippen LogP contribution >= 0.6 is 0 Å². The Balaban J connectivity index is 0.000000230. The molecule has 0 saturated carbocycles. The standard InChI is InChI=1S/C15H6F6O2.C14H12O3/c1-5-7(4-10(18)13(21)11(5)19)15(23)14(22)6-2-8(16)12(20)9(17)3-6;15-13(16)14(17,11-7-3-1-4-8-11)12-9-5-2-6-10-12/h2-4H,1H3;1-10,17H,(H,15,16). The van der Waals surface area contributed by atoms with Crippen molar-refractivity contribution in [2.24, 2.45) is 0 Å². The van der Waals surface area contributed by atoms with Crippen molar-refractivity contribution in [3.8, 4) is 0 Å². The van der Waals surface area contributed by atoms with Crippen LogP contribution in [0.5, 0.6) is 0 Å². The maximum absolute atomic E-state index is 13.4. The normalized spacial score (nSPS) is 10.9. The number of benzene rings is 4. The van der Waals surface area contributed by atoms with E-state index < -0.39 is 74.7 Å². The summed E-state index contributed by atoms with van der Waals surface area (Å²) >= 11 is 0. The highest BCUT2D eigenvalue weighted by molar-refractivity contribution is 6.49. The molecule has 0 heterocycles. The van der Waals surface area contributed by atoms with Gasteiger partial charge in [0.05, 0.1) is 0 Å². The van der Waals surface area contributed by atoms with Crippen LogP contribution in [0.1, 0.15) is 37.4 Å². The van der Waals surface area contributed by atoms with Crippen molar-refractivity contribution in [3.05, 3.63) is 142 Å². The van der Waals surface area contributed by atoms with E-state index in [0.29, 0.717) is 17.2 Å². The topological polar surface area (TPSA) is 91.7 Å². The zero-order chi connectivity index (χ0) is 29.8. The third-order valence-corrected chi connectivity index (χ3v) is 5.80. The minimum Gasteiger partial charge on any atom is -0.479 e. The number of hydrogen-bond acceptors (Lipinski definition) is 4. The lowest BCUT2D eigenvalue weighted by Gasteiger charge is -2.24. The number of carboxylic acid groups (broad SMARTS) is 1. The smallest absolute Gasteiger partial charge is 0.345 e. The zero-order valence-corrected chi connectivity index (χ0v) is 20.4. The molecular weight excluding hydrogens is 542 g/mol. The molecule has 4 aromatic rings. The maximum atomic E-state index is 13.4. The number of carboxylic acids is 1. The number of halogens is 6. The summed E-state index contributed by atoms with van der Waals surface area (Å²) < 4.78 is 78.6. The van der Waals surface area contributed by atoms with Crippen molar-refractivity contribution in [1.29, 1.82) is 0 Å². The van der Waals surface area contributed by atoms with Crippen molar-refractivity contribution in [2.75, 3.05) is 0 Å². The van der Waals surface area contributed by atoms with E-state index in [1.165, 1.54) is 0 Å². The summed E-state index contributed by atoms with van der Waals surface area (Å²) in [6.45, 7) is 0.921. The van der Waals surface area contributed by atoms with Gasteiger partial charge in [0, 0.05) is 11.1 Å². The van der Waals surface area contributed by atoms with Crippen LogP contribution in [0.25, 0.3) is 0 Å². The quantitative estimate of drug-likeness (QED) is 0.133. The Bertz CT molecular complexity index is 1530. The number of hydrogen-bond donors (Lipinski definition) is 2. The van der Waals surface area contributed by atoms with E-state index >= 15 is 0 Å². The van der Waals surface area contributed by atoms with Gasteiger partial charge < -0.3 is 10.2 Å². The second-order valence-corrected chi connectivity index (χ2v) is 8.32. The molecule has 2 N–H and O–H groups in total. The first kappa shape index (κ1) is 29.8. The van der Waals surface area contributed by atoms with Gasteiger partial charge >= 0.3 is 5.97 Å². The van der Waals surface area contributed by atoms with Gasteiger partial charge in [-0.1, -0.05) is 60.7 Å². The zero-order valence-electron chi connectivity index (χ0n) is 20.4. The lowest BCUT2D eigenvalue weighted by atomic mass is 9.86. The highest BCUT2D eigenvalue weighted by atomic mass is 19.2. The van der Waals surface area contributed by atoms with Crippen LogP contribution in [0.3, 0.4) is 0 Å². The molecule has 0 atom stereocenters. The van der Waals surface area contributed by atoms with Gasteiger partial charge in [-0.25, -0.2) is 31.1 Å². The Hall–Kier alpha value is -4.77. The van der Waals surface area contributed by atoms with Crippen LogP contribution in [0.2, 0.25) is 0 Å². The van der Waals surface area contributed by atoms with Crippen molar-refractivity contribution in [1.82, 2.24) is 0 Å². The molecule has 0 bridgehead atoms. The van der Waals surface area contributed by atoms with Gasteiger partial charge in [0.1, 0.15) is 0 Å². The van der Waals surface area contributed by atoms with Gasteiger partial charge in [-0.05, 0) is 41.8 Å². The molecule has 11 heteroatoms. The fraction of sp³-hybridized carbons (Fsp3) is 0.0690. The predicted octanol–water partition coefficient (Wildman–Crippen LogP) is 5.90. The monoisotopic (exact) mass is 560 g/mol. The summed E-state index contributed by atoms with van der Waals surface area (Å²) in [7, 11) is 0. The lowest BCUT2D eigenvalue weighted by molar-refractivity contribution is -0.155. The number of aliphatic hydroxyl groups is 1. The second-order valence-electron chi connectivity index (χ2n) is 8.32. The van der Waals surface area contributed by atoms with Gasteiger partial charge in [-0.2, -0.15) is 0 Å². The summed E-state index contributed by atoms with van der Waals surface area (Å²) in [6.07, 6.45) is 0. The van der Waals surface area contributed by atoms with Crippen molar-refractivity contribution in [2.45, 2.75) is 12.5 Å². The average molecular weight is 560 g/mol. The number of rotatable bonds is 6. The minimum atomic E-state index is -2.00. The summed E-state index contributed by atoms with van der Waals surface area (Å²) in [5.74, 6) is -14.8. The summed E-state index contributed by atoms with van der Waals surface area (Å²) in [4.78, 5) is 35.2. The highest BCUT2D eigenvalue weighted by Gasteiger charge is 2.39. The van der Waals surface area contributed by atoms with E-state index in [1.54, 1.807) is 60.7 Å². The highest BCUT2D eigenvalue weighted by Crippen LogP contribution is 2.29. The average Bonchev–Trinajstić information content (AvgIpc) is 2.96. The lowest BCUT2D eigenvalue weighted by Crippen LogP contribution is -2.36. The Morgan fingerprint density at radius 3 is 1.48 bits per heavy atom. The summed E-state index contributed by atoms with van der Waals surface area (Å²) in [6, 6.07) is 17.6. The first-order chi connectivity index (χ1) is 18.8. The summed E-state index contributed by atoms with van der Waals surface area (Å²) in [5, 5.41) is 19.7. The molecule has 0 aliphatic rings. The van der Waals surface area contributed by atoms with E-state index in [2.05, 4.69) is 0 Å². The van der Waals surface area contributed by atoms with Gasteiger partial charge in [0.2, 0.25) is 17.2 Å². The number of ketones is 2. The Morgan fingerprint density at radius 1 is 0.625 bits per heavy atom. The molecule has 0 aliphatic heterocycles. The van der Waals surface area contributed by atoms with E-state index in [0.717, 1.165) is 6.92 Å². The molecule has 0 aliphatic carbocycles. The third kappa shape index (κ3) is 5.79. The van der Waals surface area contributed by atoms with E-state index in [1.807, 2.05) is 0 Å². The van der Waals surface area contributed by atoms with Crippen LogP contribution in [0.4, 0.5) is 26.3 Å². The molecule has 40 heavy (non-hydrogen) atoms. The van der Waals surface area contributed by atoms with Crippen LogP contribution in [0.15, 0.2) is 78.9 Å². The minimum absolute atomic E-state index is 0.268. The number of Topliss-reactive ketones (excluding diaryl/α,β-unsaturated/α-hetero) is 2. The molecule has 0 fully saturated rings. The van der Waals surface area contributed by atoms with Crippen LogP contribution in [-0.4, -0.2) is 27.7 Å². The van der Waals surface area contributed by atoms with Crippen molar-refractivity contribution < 1.29 is 50.9 Å². The first-order valence-electron chi connectivity index (χ1n) is 11.2. The molecule has 4 aromatic carbocycles. The molecule has 0 unspecified atom stereocenters. The Morgan fingerprint density at radius 2 is 1.05 bits per heavy atom. The number of aliphatic carboxylic acids is 1. The molecule has 206 valence electrons. The van der Waals surface area contributed by atoms with Gasteiger partial charge in [0.25, 0.3) is 0 Å². The SMILES string of the molecule is Cc1c(C(=O)C(=O)c2cc(F)c(F)c(F)c2)cc(F)c(F)c1F.O=C(O)C(O)(c1ccccc1)c1ccccc1.